The molecule has 0 unspecified atom stereocenters. The zero-order chi connectivity index (χ0) is 19.3. The molecule has 0 radical (unpaired) electrons. The quantitative estimate of drug-likeness (QED) is 0.611. The van der Waals surface area contributed by atoms with E-state index in [9.17, 15) is 20.0 Å². The van der Waals surface area contributed by atoms with Gasteiger partial charge in [0, 0.05) is 12.1 Å². The van der Waals surface area contributed by atoms with Gasteiger partial charge in [-0.25, -0.2) is 0 Å². The molecule has 1 aromatic carbocycles. The number of aromatic nitrogens is 1. The minimum absolute atomic E-state index is 0.0102. The maximum Gasteiger partial charge on any atom is 0.271 e. The highest BCUT2D eigenvalue weighted by Gasteiger charge is 2.24. The third kappa shape index (κ3) is 3.52. The third-order valence-corrected chi connectivity index (χ3v) is 3.93. The topological polar surface area (TPSA) is 92.3 Å². The molecular formula is C20H20N2O4. The summed E-state index contributed by atoms with van der Waals surface area (Å²) < 4.78 is 6.45. The molecule has 0 saturated carbocycles. The Hall–Kier alpha value is -3.33. The number of hydrogen-bond donors (Lipinski definition) is 1. The summed E-state index contributed by atoms with van der Waals surface area (Å²) in [7, 11) is 0. The molecule has 134 valence electrons. The second-order valence-electron chi connectivity index (χ2n) is 5.72. The maximum absolute atomic E-state index is 12.9. The average Bonchev–Trinajstić information content (AvgIpc) is 2.64. The average molecular weight is 352 g/mol. The molecule has 0 atom stereocenters. The summed E-state index contributed by atoms with van der Waals surface area (Å²) >= 11 is 0. The molecule has 0 aliphatic rings. The van der Waals surface area contributed by atoms with Crippen LogP contribution in [0, 0.1) is 18.3 Å². The number of hydrogen-bond acceptors (Lipinski definition) is 5. The second kappa shape index (κ2) is 8.17. The van der Waals surface area contributed by atoms with Gasteiger partial charge in [0.1, 0.15) is 17.4 Å². The molecule has 0 aliphatic heterocycles. The summed E-state index contributed by atoms with van der Waals surface area (Å²) in [5.41, 5.74) is -0.407. The molecule has 26 heavy (non-hydrogen) atoms. The van der Waals surface area contributed by atoms with Gasteiger partial charge in [0.15, 0.2) is 5.78 Å². The number of benzene rings is 1. The summed E-state index contributed by atoms with van der Waals surface area (Å²) in [6, 6.07) is 8.32. The van der Waals surface area contributed by atoms with E-state index < -0.39 is 17.2 Å². The molecule has 0 saturated heterocycles. The summed E-state index contributed by atoms with van der Waals surface area (Å²) in [6.07, 6.45) is 2.28. The van der Waals surface area contributed by atoms with Crippen molar-refractivity contribution in [1.29, 1.82) is 5.26 Å². The lowest BCUT2D eigenvalue weighted by Gasteiger charge is -2.14. The molecule has 0 bridgehead atoms. The summed E-state index contributed by atoms with van der Waals surface area (Å²) in [5.74, 6) is -0.308. The first-order chi connectivity index (χ1) is 12.5. The van der Waals surface area contributed by atoms with Crippen molar-refractivity contribution in [2.24, 2.45) is 0 Å². The van der Waals surface area contributed by atoms with Crippen LogP contribution in [0.15, 0.2) is 41.7 Å². The molecule has 0 aliphatic carbocycles. The number of carbonyl (C=O) groups is 1. The zero-order valence-corrected chi connectivity index (χ0v) is 14.8. The predicted molar refractivity (Wildman–Crippen MR) is 97.7 cm³/mol. The smallest absolute Gasteiger partial charge is 0.271 e. The predicted octanol–water partition coefficient (Wildman–Crippen LogP) is 2.94. The molecule has 2 aromatic rings. The van der Waals surface area contributed by atoms with E-state index in [1.54, 1.807) is 24.3 Å². The first-order valence-electron chi connectivity index (χ1n) is 8.21. The number of allylic oxidation sites excluding steroid dienone is 1. The van der Waals surface area contributed by atoms with Crippen LogP contribution < -0.4 is 10.3 Å². The van der Waals surface area contributed by atoms with Gasteiger partial charge in [-0.3, -0.25) is 14.2 Å². The van der Waals surface area contributed by atoms with Gasteiger partial charge in [0.25, 0.3) is 5.56 Å². The molecule has 6 heteroatoms. The highest BCUT2D eigenvalue weighted by Crippen LogP contribution is 2.25. The SMILES string of the molecule is C=CCn1c(O)c(C(=O)c2ccc(OCCC)cc2)c(C)c(C#N)c1=O. The van der Waals surface area contributed by atoms with Gasteiger partial charge in [-0.05, 0) is 43.2 Å². The van der Waals surface area contributed by atoms with Crippen molar-refractivity contribution in [3.05, 3.63) is 69.5 Å². The Morgan fingerprint density at radius 3 is 2.58 bits per heavy atom. The minimum Gasteiger partial charge on any atom is -0.494 e. The Morgan fingerprint density at radius 2 is 2.04 bits per heavy atom. The van der Waals surface area contributed by atoms with Gasteiger partial charge in [0.05, 0.1) is 12.2 Å². The van der Waals surface area contributed by atoms with Crippen LogP contribution in [-0.2, 0) is 6.54 Å². The van der Waals surface area contributed by atoms with E-state index in [-0.39, 0.29) is 23.2 Å². The van der Waals surface area contributed by atoms with Crippen LogP contribution in [0.25, 0.3) is 0 Å². The number of ether oxygens (including phenoxy) is 1. The van der Waals surface area contributed by atoms with Crippen molar-refractivity contribution in [1.82, 2.24) is 4.57 Å². The fourth-order valence-corrected chi connectivity index (χ4v) is 2.59. The monoisotopic (exact) mass is 352 g/mol. The van der Waals surface area contributed by atoms with E-state index in [2.05, 4.69) is 6.58 Å². The van der Waals surface area contributed by atoms with Crippen LogP contribution in [0.1, 0.15) is 40.4 Å². The number of nitriles is 1. The Morgan fingerprint density at radius 1 is 1.38 bits per heavy atom. The standard InChI is InChI=1S/C20H20N2O4/c1-4-10-22-19(24)16(12-21)13(3)17(20(22)25)18(23)14-6-8-15(9-7-14)26-11-5-2/h4,6-9,25H,1,5,10-11H2,2-3H3. The summed E-state index contributed by atoms with van der Waals surface area (Å²) in [5, 5.41) is 19.7. The van der Waals surface area contributed by atoms with Gasteiger partial charge in [-0.15, -0.1) is 6.58 Å². The van der Waals surface area contributed by atoms with Gasteiger partial charge in [-0.2, -0.15) is 5.26 Å². The molecule has 0 amide bonds. The Kier molecular flexibility index (Phi) is 5.97. The number of ketones is 1. The van der Waals surface area contributed by atoms with Crippen molar-refractivity contribution < 1.29 is 14.6 Å². The van der Waals surface area contributed by atoms with E-state index in [4.69, 9.17) is 4.74 Å². The normalized spacial score (nSPS) is 10.2. The third-order valence-electron chi connectivity index (χ3n) is 3.93. The highest BCUT2D eigenvalue weighted by molar-refractivity contribution is 6.11. The van der Waals surface area contributed by atoms with Gasteiger partial charge in [-0.1, -0.05) is 13.0 Å². The lowest BCUT2D eigenvalue weighted by molar-refractivity contribution is 0.103. The fraction of sp³-hybridized carbons (Fsp3) is 0.250. The number of aromatic hydroxyl groups is 1. The van der Waals surface area contributed by atoms with Gasteiger partial charge >= 0.3 is 0 Å². The van der Waals surface area contributed by atoms with Crippen molar-refractivity contribution in [2.75, 3.05) is 6.61 Å². The molecule has 1 aromatic heterocycles. The summed E-state index contributed by atoms with van der Waals surface area (Å²) in [4.78, 5) is 25.2. The Balaban J connectivity index is 2.55. The number of pyridine rings is 1. The van der Waals surface area contributed by atoms with Crippen LogP contribution >= 0.6 is 0 Å². The van der Waals surface area contributed by atoms with Gasteiger partial charge < -0.3 is 9.84 Å². The number of rotatable bonds is 7. The van der Waals surface area contributed by atoms with Crippen molar-refractivity contribution in [3.63, 3.8) is 0 Å². The Labute approximate surface area is 151 Å². The van der Waals surface area contributed by atoms with Crippen molar-refractivity contribution >= 4 is 5.78 Å². The van der Waals surface area contributed by atoms with E-state index in [1.807, 2.05) is 13.0 Å². The second-order valence-corrected chi connectivity index (χ2v) is 5.72. The molecular weight excluding hydrogens is 332 g/mol. The maximum atomic E-state index is 12.9. The minimum atomic E-state index is -0.651. The fourth-order valence-electron chi connectivity index (χ4n) is 2.59. The van der Waals surface area contributed by atoms with E-state index in [1.165, 1.54) is 13.0 Å². The van der Waals surface area contributed by atoms with Crippen LogP contribution in [0.4, 0.5) is 0 Å². The molecule has 0 spiro atoms. The van der Waals surface area contributed by atoms with Crippen LogP contribution in [-0.4, -0.2) is 22.1 Å². The molecule has 1 N–H and O–H groups in total. The molecule has 6 nitrogen and oxygen atoms in total. The summed E-state index contributed by atoms with van der Waals surface area (Å²) in [6.45, 7) is 7.57. The van der Waals surface area contributed by atoms with Crippen LogP contribution in [0.5, 0.6) is 11.6 Å². The van der Waals surface area contributed by atoms with Crippen molar-refractivity contribution in [3.8, 4) is 17.7 Å². The zero-order valence-electron chi connectivity index (χ0n) is 14.8. The lowest BCUT2D eigenvalue weighted by Crippen LogP contribution is -2.26. The van der Waals surface area contributed by atoms with Crippen molar-refractivity contribution in [2.45, 2.75) is 26.8 Å². The number of carbonyl (C=O) groups excluding carboxylic acids is 1. The van der Waals surface area contributed by atoms with Gasteiger partial charge in [0.2, 0.25) is 5.88 Å². The largest absolute Gasteiger partial charge is 0.494 e. The lowest BCUT2D eigenvalue weighted by atomic mass is 9.97. The van der Waals surface area contributed by atoms with Crippen LogP contribution in [0.2, 0.25) is 0 Å². The number of nitrogens with zero attached hydrogens (tertiary/aromatic N) is 2. The van der Waals surface area contributed by atoms with Crippen LogP contribution in [0.3, 0.4) is 0 Å². The first-order valence-corrected chi connectivity index (χ1v) is 8.21. The van der Waals surface area contributed by atoms with E-state index >= 15 is 0 Å². The molecule has 2 rings (SSSR count). The first kappa shape index (κ1) is 19.0. The molecule has 0 fully saturated rings. The molecule has 1 heterocycles. The Bertz CT molecular complexity index is 934. The van der Waals surface area contributed by atoms with E-state index in [0.717, 1.165) is 11.0 Å². The highest BCUT2D eigenvalue weighted by atomic mass is 16.5. The van der Waals surface area contributed by atoms with E-state index in [0.29, 0.717) is 17.9 Å².